The highest BCUT2D eigenvalue weighted by Gasteiger charge is 2.13. The number of nitrogens with zero attached hydrogens (tertiary/aromatic N) is 1. The number of benzene rings is 1. The average Bonchev–Trinajstić information content (AvgIpc) is 2.54. The fourth-order valence-corrected chi connectivity index (χ4v) is 1.98. The van der Waals surface area contributed by atoms with Crippen molar-refractivity contribution in [3.63, 3.8) is 0 Å². The molecule has 5 heteroatoms. The highest BCUT2D eigenvalue weighted by Crippen LogP contribution is 2.29. The van der Waals surface area contributed by atoms with E-state index in [0.29, 0.717) is 17.1 Å². The summed E-state index contributed by atoms with van der Waals surface area (Å²) >= 11 is 0. The first kappa shape index (κ1) is 14.8. The van der Waals surface area contributed by atoms with Gasteiger partial charge in [0, 0.05) is 12.4 Å². The van der Waals surface area contributed by atoms with Crippen LogP contribution in [0.2, 0.25) is 0 Å². The molecule has 0 aliphatic rings. The van der Waals surface area contributed by atoms with Crippen LogP contribution in [0.4, 0.5) is 0 Å². The summed E-state index contributed by atoms with van der Waals surface area (Å²) in [5.74, 6) is 1.13. The molecule has 0 unspecified atom stereocenters. The SMILES string of the molecule is COc1ccc([C@H](C)NC(=O)c2cccnc2)cc1OC. The van der Waals surface area contributed by atoms with Crippen molar-refractivity contribution in [3.05, 3.63) is 53.9 Å². The number of hydrogen-bond donors (Lipinski definition) is 1. The largest absolute Gasteiger partial charge is 0.493 e. The van der Waals surface area contributed by atoms with E-state index < -0.39 is 0 Å². The molecule has 1 amide bonds. The Balaban J connectivity index is 2.13. The molecule has 0 bridgehead atoms. The maximum Gasteiger partial charge on any atom is 0.253 e. The number of aromatic nitrogens is 1. The van der Waals surface area contributed by atoms with Crippen LogP contribution in [0.3, 0.4) is 0 Å². The van der Waals surface area contributed by atoms with E-state index in [0.717, 1.165) is 5.56 Å². The molecule has 21 heavy (non-hydrogen) atoms. The van der Waals surface area contributed by atoms with Crippen LogP contribution in [-0.2, 0) is 0 Å². The van der Waals surface area contributed by atoms with Crippen LogP contribution in [0.5, 0.6) is 11.5 Å². The summed E-state index contributed by atoms with van der Waals surface area (Å²) in [4.78, 5) is 16.0. The highest BCUT2D eigenvalue weighted by atomic mass is 16.5. The first-order valence-electron chi connectivity index (χ1n) is 6.58. The van der Waals surface area contributed by atoms with Gasteiger partial charge in [-0.25, -0.2) is 0 Å². The number of carbonyl (C=O) groups is 1. The van der Waals surface area contributed by atoms with Crippen molar-refractivity contribution in [1.82, 2.24) is 10.3 Å². The molecule has 0 radical (unpaired) electrons. The van der Waals surface area contributed by atoms with Gasteiger partial charge in [0.25, 0.3) is 5.91 Å². The van der Waals surface area contributed by atoms with Crippen LogP contribution in [0.1, 0.15) is 28.9 Å². The van der Waals surface area contributed by atoms with Crippen LogP contribution in [0, 0.1) is 0 Å². The second kappa shape index (κ2) is 6.74. The third kappa shape index (κ3) is 3.51. The number of amides is 1. The lowest BCUT2D eigenvalue weighted by molar-refractivity contribution is 0.0939. The Labute approximate surface area is 123 Å². The minimum absolute atomic E-state index is 0.155. The maximum atomic E-state index is 12.1. The van der Waals surface area contributed by atoms with E-state index in [1.54, 1.807) is 32.5 Å². The van der Waals surface area contributed by atoms with Gasteiger partial charge in [0.1, 0.15) is 0 Å². The van der Waals surface area contributed by atoms with Gasteiger partial charge in [-0.2, -0.15) is 0 Å². The van der Waals surface area contributed by atoms with Crippen LogP contribution in [0.15, 0.2) is 42.7 Å². The van der Waals surface area contributed by atoms with Gasteiger partial charge in [-0.1, -0.05) is 6.07 Å². The van der Waals surface area contributed by atoms with Gasteiger partial charge >= 0.3 is 0 Å². The van der Waals surface area contributed by atoms with Crippen molar-refractivity contribution in [2.24, 2.45) is 0 Å². The smallest absolute Gasteiger partial charge is 0.253 e. The van der Waals surface area contributed by atoms with E-state index in [-0.39, 0.29) is 11.9 Å². The van der Waals surface area contributed by atoms with E-state index in [1.807, 2.05) is 25.1 Å². The number of nitrogens with one attached hydrogen (secondary N) is 1. The molecular weight excluding hydrogens is 268 g/mol. The fourth-order valence-electron chi connectivity index (χ4n) is 1.98. The minimum Gasteiger partial charge on any atom is -0.493 e. The molecule has 0 saturated carbocycles. The van der Waals surface area contributed by atoms with Crippen molar-refractivity contribution in [3.8, 4) is 11.5 Å². The molecule has 2 rings (SSSR count). The molecule has 1 aromatic carbocycles. The Kier molecular flexibility index (Phi) is 4.77. The second-order valence-electron chi connectivity index (χ2n) is 4.55. The normalized spacial score (nSPS) is 11.6. The van der Waals surface area contributed by atoms with E-state index in [4.69, 9.17) is 9.47 Å². The minimum atomic E-state index is -0.162. The first-order chi connectivity index (χ1) is 10.2. The molecule has 5 nitrogen and oxygen atoms in total. The predicted molar refractivity (Wildman–Crippen MR) is 79.7 cm³/mol. The lowest BCUT2D eigenvalue weighted by Gasteiger charge is -2.16. The van der Waals surface area contributed by atoms with Crippen molar-refractivity contribution >= 4 is 5.91 Å². The summed E-state index contributed by atoms with van der Waals surface area (Å²) in [5, 5.41) is 2.93. The lowest BCUT2D eigenvalue weighted by Crippen LogP contribution is -2.26. The summed E-state index contributed by atoms with van der Waals surface area (Å²) in [6.07, 6.45) is 3.17. The summed E-state index contributed by atoms with van der Waals surface area (Å²) < 4.78 is 10.5. The van der Waals surface area contributed by atoms with Crippen LogP contribution < -0.4 is 14.8 Å². The van der Waals surface area contributed by atoms with Gasteiger partial charge < -0.3 is 14.8 Å². The number of ether oxygens (including phenoxy) is 2. The second-order valence-corrected chi connectivity index (χ2v) is 4.55. The van der Waals surface area contributed by atoms with Gasteiger partial charge in [0.15, 0.2) is 11.5 Å². The Morgan fingerprint density at radius 2 is 1.95 bits per heavy atom. The molecule has 1 heterocycles. The summed E-state index contributed by atoms with van der Waals surface area (Å²) in [7, 11) is 3.17. The zero-order chi connectivity index (χ0) is 15.2. The van der Waals surface area contributed by atoms with E-state index >= 15 is 0 Å². The number of pyridine rings is 1. The molecule has 1 aromatic heterocycles. The summed E-state index contributed by atoms with van der Waals surface area (Å²) in [5.41, 5.74) is 1.47. The van der Waals surface area contributed by atoms with Crippen LogP contribution >= 0.6 is 0 Å². The van der Waals surface area contributed by atoms with Crippen molar-refractivity contribution in [1.29, 1.82) is 0 Å². The Morgan fingerprint density at radius 3 is 2.57 bits per heavy atom. The lowest BCUT2D eigenvalue weighted by atomic mass is 10.1. The van der Waals surface area contributed by atoms with Gasteiger partial charge in [0.05, 0.1) is 25.8 Å². The van der Waals surface area contributed by atoms with Crippen molar-refractivity contribution in [2.45, 2.75) is 13.0 Å². The van der Waals surface area contributed by atoms with Crippen LogP contribution in [-0.4, -0.2) is 25.1 Å². The molecule has 1 N–H and O–H groups in total. The first-order valence-corrected chi connectivity index (χ1v) is 6.58. The zero-order valence-electron chi connectivity index (χ0n) is 12.3. The standard InChI is InChI=1S/C16H18N2O3/c1-11(18-16(19)13-5-4-8-17-10-13)12-6-7-14(20-2)15(9-12)21-3/h4-11H,1-3H3,(H,18,19)/t11-/m0/s1. The summed E-state index contributed by atoms with van der Waals surface area (Å²) in [6.45, 7) is 1.91. The molecule has 1 atom stereocenters. The maximum absolute atomic E-state index is 12.1. The molecule has 0 spiro atoms. The van der Waals surface area contributed by atoms with E-state index in [2.05, 4.69) is 10.3 Å². The van der Waals surface area contributed by atoms with Crippen molar-refractivity contribution < 1.29 is 14.3 Å². The quantitative estimate of drug-likeness (QED) is 0.917. The Bertz CT molecular complexity index is 614. The van der Waals surface area contributed by atoms with Crippen LogP contribution in [0.25, 0.3) is 0 Å². The zero-order valence-corrected chi connectivity index (χ0v) is 12.3. The third-order valence-corrected chi connectivity index (χ3v) is 3.18. The number of methoxy groups -OCH3 is 2. The molecular formula is C16H18N2O3. The van der Waals surface area contributed by atoms with Crippen molar-refractivity contribution in [2.75, 3.05) is 14.2 Å². The van der Waals surface area contributed by atoms with Gasteiger partial charge in [-0.15, -0.1) is 0 Å². The highest BCUT2D eigenvalue weighted by molar-refractivity contribution is 5.94. The molecule has 0 aliphatic heterocycles. The number of hydrogen-bond acceptors (Lipinski definition) is 4. The van der Waals surface area contributed by atoms with Gasteiger partial charge in [0.2, 0.25) is 0 Å². The summed E-state index contributed by atoms with van der Waals surface area (Å²) in [6, 6.07) is 8.88. The number of carbonyl (C=O) groups excluding carboxylic acids is 1. The van der Waals surface area contributed by atoms with E-state index in [9.17, 15) is 4.79 Å². The molecule has 0 fully saturated rings. The topological polar surface area (TPSA) is 60.5 Å². The number of rotatable bonds is 5. The fraction of sp³-hybridized carbons (Fsp3) is 0.250. The third-order valence-electron chi connectivity index (χ3n) is 3.18. The van der Waals surface area contributed by atoms with Gasteiger partial charge in [-0.05, 0) is 36.8 Å². The molecule has 2 aromatic rings. The molecule has 0 saturated heterocycles. The van der Waals surface area contributed by atoms with E-state index in [1.165, 1.54) is 6.20 Å². The Morgan fingerprint density at radius 1 is 1.19 bits per heavy atom. The Hall–Kier alpha value is -2.56. The van der Waals surface area contributed by atoms with Gasteiger partial charge in [-0.3, -0.25) is 9.78 Å². The monoisotopic (exact) mass is 286 g/mol. The predicted octanol–water partition coefficient (Wildman–Crippen LogP) is 2.59. The average molecular weight is 286 g/mol. The molecule has 110 valence electrons. The molecule has 0 aliphatic carbocycles.